The molecule has 0 aromatic rings. The molecule has 0 bridgehead atoms. The lowest BCUT2D eigenvalue weighted by Gasteiger charge is -2.45. The summed E-state index contributed by atoms with van der Waals surface area (Å²) in [5.74, 6) is -1.91. The van der Waals surface area contributed by atoms with E-state index in [4.69, 9.17) is 9.84 Å². The summed E-state index contributed by atoms with van der Waals surface area (Å²) in [7, 11) is 0. The Morgan fingerprint density at radius 3 is 2.21 bits per heavy atom. The molecule has 1 saturated heterocycles. The second kappa shape index (κ2) is 4.09. The Morgan fingerprint density at radius 1 is 1.21 bits per heavy atom. The van der Waals surface area contributed by atoms with Crippen molar-refractivity contribution in [3.05, 3.63) is 0 Å². The van der Waals surface area contributed by atoms with Gasteiger partial charge in [-0.1, -0.05) is 6.92 Å². The molecule has 0 amide bonds. The fourth-order valence-electron chi connectivity index (χ4n) is 1.51. The van der Waals surface area contributed by atoms with Crippen LogP contribution in [-0.2, 0) is 4.74 Å². The largest absolute Gasteiger partial charge is 0.394 e. The lowest BCUT2D eigenvalue weighted by Crippen LogP contribution is -2.64. The van der Waals surface area contributed by atoms with E-state index in [0.29, 0.717) is 0 Å². The van der Waals surface area contributed by atoms with Crippen LogP contribution < -0.4 is 0 Å². The molecule has 1 rings (SSSR count). The highest BCUT2D eigenvalue weighted by Crippen LogP contribution is 2.30. The van der Waals surface area contributed by atoms with Gasteiger partial charge in [-0.2, -0.15) is 0 Å². The molecule has 0 saturated carbocycles. The lowest BCUT2D eigenvalue weighted by atomic mass is 9.91. The van der Waals surface area contributed by atoms with Gasteiger partial charge in [-0.15, -0.1) is 0 Å². The molecule has 0 unspecified atom stereocenters. The van der Waals surface area contributed by atoms with Gasteiger partial charge in [0.25, 0.3) is 0 Å². The molecule has 14 heavy (non-hydrogen) atoms. The summed E-state index contributed by atoms with van der Waals surface area (Å²) >= 11 is 0. The van der Waals surface area contributed by atoms with E-state index in [-0.39, 0.29) is 6.42 Å². The number of ether oxygens (including phenoxy) is 1. The highest BCUT2D eigenvalue weighted by molar-refractivity contribution is 4.95. The van der Waals surface area contributed by atoms with Gasteiger partial charge >= 0.3 is 0 Å². The maximum Gasteiger partial charge on any atom is 0.194 e. The van der Waals surface area contributed by atoms with E-state index in [1.807, 2.05) is 0 Å². The fourth-order valence-corrected chi connectivity index (χ4v) is 1.51. The molecule has 0 aromatic heterocycles. The Balaban J connectivity index is 2.84. The van der Waals surface area contributed by atoms with E-state index in [1.165, 1.54) is 0 Å². The first-order chi connectivity index (χ1) is 6.46. The third-order valence-electron chi connectivity index (χ3n) is 2.56. The van der Waals surface area contributed by atoms with E-state index in [9.17, 15) is 20.4 Å². The van der Waals surface area contributed by atoms with E-state index in [1.54, 1.807) is 6.92 Å². The van der Waals surface area contributed by atoms with Crippen LogP contribution in [0.15, 0.2) is 0 Å². The van der Waals surface area contributed by atoms with Crippen molar-refractivity contribution >= 4 is 0 Å². The molecule has 5 atom stereocenters. The van der Waals surface area contributed by atoms with E-state index in [0.717, 1.165) is 0 Å². The van der Waals surface area contributed by atoms with Crippen molar-refractivity contribution < 1.29 is 30.3 Å². The topological polar surface area (TPSA) is 110 Å². The van der Waals surface area contributed by atoms with Crippen LogP contribution in [0.25, 0.3) is 0 Å². The highest BCUT2D eigenvalue weighted by Gasteiger charge is 2.51. The normalized spacial score (nSPS) is 49.3. The van der Waals surface area contributed by atoms with Crippen molar-refractivity contribution in [3.8, 4) is 0 Å². The van der Waals surface area contributed by atoms with Gasteiger partial charge in [-0.05, 0) is 0 Å². The van der Waals surface area contributed by atoms with E-state index in [2.05, 4.69) is 0 Å². The molecule has 6 heteroatoms. The third kappa shape index (κ3) is 1.77. The zero-order valence-electron chi connectivity index (χ0n) is 7.87. The van der Waals surface area contributed by atoms with E-state index < -0.39 is 36.8 Å². The van der Waals surface area contributed by atoms with Crippen molar-refractivity contribution in [2.45, 2.75) is 43.5 Å². The predicted octanol–water partition coefficient (Wildman–Crippen LogP) is -2.44. The summed E-state index contributed by atoms with van der Waals surface area (Å²) < 4.78 is 4.91. The fraction of sp³-hybridized carbons (Fsp3) is 1.00. The number of hydrogen-bond acceptors (Lipinski definition) is 6. The highest BCUT2D eigenvalue weighted by atomic mass is 16.7. The molecule has 0 spiro atoms. The molecule has 0 aromatic carbocycles. The van der Waals surface area contributed by atoms with Gasteiger partial charge in [-0.3, -0.25) is 0 Å². The van der Waals surface area contributed by atoms with Gasteiger partial charge in [0.05, 0.1) is 6.61 Å². The predicted molar refractivity (Wildman–Crippen MR) is 45.2 cm³/mol. The standard InChI is InChI=1S/C8H16O6/c1-2-8(13)7(12)6(11)5(10)4(3-9)14-8/h4-7,9-13H,2-3H2,1H3/t4-,5+,6+,7-,8+/m1/s1. The molecule has 5 N–H and O–H groups in total. The monoisotopic (exact) mass is 208 g/mol. The molecule has 1 aliphatic rings. The first-order valence-corrected chi connectivity index (χ1v) is 4.51. The first kappa shape index (κ1) is 11.8. The van der Waals surface area contributed by atoms with Crippen LogP contribution in [0, 0.1) is 0 Å². The first-order valence-electron chi connectivity index (χ1n) is 4.51. The van der Waals surface area contributed by atoms with Crippen LogP contribution in [0.3, 0.4) is 0 Å². The zero-order chi connectivity index (χ0) is 10.9. The minimum atomic E-state index is -1.91. The summed E-state index contributed by atoms with van der Waals surface area (Å²) in [6.45, 7) is 1.02. The minimum Gasteiger partial charge on any atom is -0.394 e. The average molecular weight is 208 g/mol. The maximum absolute atomic E-state index is 9.68. The van der Waals surface area contributed by atoms with Crippen molar-refractivity contribution in [2.24, 2.45) is 0 Å². The van der Waals surface area contributed by atoms with Crippen LogP contribution in [0.2, 0.25) is 0 Å². The molecular formula is C8H16O6. The smallest absolute Gasteiger partial charge is 0.194 e. The third-order valence-corrected chi connectivity index (χ3v) is 2.56. The number of hydrogen-bond donors (Lipinski definition) is 5. The van der Waals surface area contributed by atoms with Gasteiger partial charge in [-0.25, -0.2) is 0 Å². The molecule has 6 nitrogen and oxygen atoms in total. The lowest BCUT2D eigenvalue weighted by molar-refractivity contribution is -0.349. The molecule has 84 valence electrons. The van der Waals surface area contributed by atoms with Crippen molar-refractivity contribution in [3.63, 3.8) is 0 Å². The van der Waals surface area contributed by atoms with Gasteiger partial charge in [0.1, 0.15) is 24.4 Å². The Labute approximate surface area is 81.4 Å². The molecular weight excluding hydrogens is 192 g/mol. The number of aliphatic hydroxyl groups is 5. The van der Waals surface area contributed by atoms with E-state index >= 15 is 0 Å². The van der Waals surface area contributed by atoms with Crippen molar-refractivity contribution in [1.82, 2.24) is 0 Å². The van der Waals surface area contributed by atoms with Crippen LogP contribution >= 0.6 is 0 Å². The Kier molecular flexibility index (Phi) is 3.46. The molecule has 1 fully saturated rings. The van der Waals surface area contributed by atoms with Gasteiger partial charge in [0.2, 0.25) is 0 Å². The van der Waals surface area contributed by atoms with Crippen LogP contribution in [0.1, 0.15) is 13.3 Å². The quantitative estimate of drug-likeness (QED) is 0.345. The van der Waals surface area contributed by atoms with Gasteiger partial charge < -0.3 is 30.3 Å². The second-order valence-electron chi connectivity index (χ2n) is 3.46. The maximum atomic E-state index is 9.68. The summed E-state index contributed by atoms with van der Waals surface area (Å²) in [4.78, 5) is 0. The molecule has 0 aliphatic carbocycles. The summed E-state index contributed by atoms with van der Waals surface area (Å²) in [6, 6.07) is 0. The van der Waals surface area contributed by atoms with Crippen molar-refractivity contribution in [1.29, 1.82) is 0 Å². The van der Waals surface area contributed by atoms with Crippen LogP contribution in [-0.4, -0.2) is 62.3 Å². The van der Waals surface area contributed by atoms with Crippen molar-refractivity contribution in [2.75, 3.05) is 6.61 Å². The molecule has 0 radical (unpaired) electrons. The molecule has 1 heterocycles. The zero-order valence-corrected chi connectivity index (χ0v) is 7.87. The SMILES string of the molecule is CC[C@]1(O)O[C@H](CO)[C@H](O)[C@H](O)[C@H]1O. The Hall–Kier alpha value is -0.240. The summed E-state index contributed by atoms with van der Waals surface area (Å²) in [5.41, 5.74) is 0. The second-order valence-corrected chi connectivity index (χ2v) is 3.46. The Morgan fingerprint density at radius 2 is 1.79 bits per heavy atom. The van der Waals surface area contributed by atoms with Gasteiger partial charge in [0, 0.05) is 6.42 Å². The Bertz CT molecular complexity index is 196. The van der Waals surface area contributed by atoms with Crippen LogP contribution in [0.5, 0.6) is 0 Å². The number of rotatable bonds is 2. The minimum absolute atomic E-state index is 0.0500. The van der Waals surface area contributed by atoms with Gasteiger partial charge in [0.15, 0.2) is 5.79 Å². The average Bonchev–Trinajstić information content (AvgIpc) is 2.20. The number of aliphatic hydroxyl groups excluding tert-OH is 4. The van der Waals surface area contributed by atoms with Crippen LogP contribution in [0.4, 0.5) is 0 Å². The summed E-state index contributed by atoms with van der Waals surface area (Å²) in [6.07, 6.45) is -5.54. The molecule has 1 aliphatic heterocycles. The summed E-state index contributed by atoms with van der Waals surface area (Å²) in [5, 5.41) is 46.6.